The third kappa shape index (κ3) is 4.51. The fraction of sp³-hybridized carbons (Fsp3) is 0.0833. The molecule has 3 aromatic carbocycles. The maximum Gasteiger partial charge on any atom is 0.265 e. The van der Waals surface area contributed by atoms with Crippen molar-refractivity contribution >= 4 is 44.3 Å². The van der Waals surface area contributed by atoms with Gasteiger partial charge in [0.2, 0.25) is 5.78 Å². The van der Waals surface area contributed by atoms with Crippen molar-refractivity contribution in [1.82, 2.24) is 0 Å². The highest BCUT2D eigenvalue weighted by Crippen LogP contribution is 2.33. The zero-order valence-corrected chi connectivity index (χ0v) is 18.0. The van der Waals surface area contributed by atoms with E-state index in [9.17, 15) is 14.0 Å². The largest absolute Gasteiger partial charge is 0.481 e. The van der Waals surface area contributed by atoms with Gasteiger partial charge in [-0.15, -0.1) is 0 Å². The highest BCUT2D eigenvalue weighted by atomic mass is 79.9. The van der Waals surface area contributed by atoms with Crippen molar-refractivity contribution in [3.63, 3.8) is 0 Å². The van der Waals surface area contributed by atoms with Crippen LogP contribution in [0.4, 0.5) is 10.1 Å². The first kappa shape index (κ1) is 20.8. The second-order valence-electron chi connectivity index (χ2n) is 6.84. The summed E-state index contributed by atoms with van der Waals surface area (Å²) in [6.45, 7) is 1.57. The Labute approximate surface area is 186 Å². The van der Waals surface area contributed by atoms with Crippen molar-refractivity contribution in [3.05, 3.63) is 94.4 Å². The van der Waals surface area contributed by atoms with Gasteiger partial charge in [0.1, 0.15) is 17.1 Å². The van der Waals surface area contributed by atoms with E-state index in [0.717, 1.165) is 4.47 Å². The molecule has 7 heteroatoms. The fourth-order valence-electron chi connectivity index (χ4n) is 3.06. The lowest BCUT2D eigenvalue weighted by molar-refractivity contribution is -0.122. The summed E-state index contributed by atoms with van der Waals surface area (Å²) < 4.78 is 25.3. The Balaban J connectivity index is 1.63. The van der Waals surface area contributed by atoms with E-state index in [4.69, 9.17) is 9.15 Å². The van der Waals surface area contributed by atoms with E-state index in [1.54, 1.807) is 55.5 Å². The molecule has 0 spiro atoms. The topological polar surface area (TPSA) is 68.5 Å². The molecule has 1 heterocycles. The lowest BCUT2D eigenvalue weighted by atomic mass is 10.1. The average molecular weight is 482 g/mol. The maximum atomic E-state index is 13.1. The third-order valence-corrected chi connectivity index (χ3v) is 5.18. The number of rotatable bonds is 6. The Kier molecular flexibility index (Phi) is 5.86. The summed E-state index contributed by atoms with van der Waals surface area (Å²) in [5.41, 5.74) is 1.18. The van der Waals surface area contributed by atoms with Crippen molar-refractivity contribution in [3.8, 4) is 5.75 Å². The molecule has 31 heavy (non-hydrogen) atoms. The highest BCUT2D eigenvalue weighted by Gasteiger charge is 2.25. The number of carbonyl (C=O) groups excluding carboxylic acids is 2. The van der Waals surface area contributed by atoms with Gasteiger partial charge in [-0.1, -0.05) is 28.1 Å². The van der Waals surface area contributed by atoms with Gasteiger partial charge in [0, 0.05) is 15.4 Å². The summed E-state index contributed by atoms with van der Waals surface area (Å²) >= 11 is 3.35. The van der Waals surface area contributed by atoms with Crippen LogP contribution in [0.3, 0.4) is 0 Å². The van der Waals surface area contributed by atoms with Gasteiger partial charge < -0.3 is 14.5 Å². The molecule has 1 N–H and O–H groups in total. The smallest absolute Gasteiger partial charge is 0.265 e. The molecule has 0 bridgehead atoms. The predicted octanol–water partition coefficient (Wildman–Crippen LogP) is 5.97. The first-order valence-electron chi connectivity index (χ1n) is 9.47. The standard InChI is InChI=1S/C24H17BrFNO4/c1-14(30-18-12-10-17(26)11-13-18)24(29)27-21-19-4-2-3-5-20(19)31-23(21)22(28)15-6-8-16(25)9-7-15/h2-14H,1H3,(H,27,29)/t14-/m1/s1. The van der Waals surface area contributed by atoms with Gasteiger partial charge in [0.25, 0.3) is 5.91 Å². The molecule has 156 valence electrons. The number of fused-ring (bicyclic) bond motifs is 1. The van der Waals surface area contributed by atoms with Crippen LogP contribution in [-0.4, -0.2) is 17.8 Å². The number of para-hydroxylation sites is 1. The summed E-state index contributed by atoms with van der Waals surface area (Å²) in [7, 11) is 0. The van der Waals surface area contributed by atoms with Crippen molar-refractivity contribution in [2.24, 2.45) is 0 Å². The number of hydrogen-bond donors (Lipinski definition) is 1. The molecule has 1 aromatic heterocycles. The van der Waals surface area contributed by atoms with E-state index in [2.05, 4.69) is 21.2 Å². The second kappa shape index (κ2) is 8.73. The molecule has 5 nitrogen and oxygen atoms in total. The van der Waals surface area contributed by atoms with Crippen LogP contribution < -0.4 is 10.1 Å². The zero-order chi connectivity index (χ0) is 22.0. The summed E-state index contributed by atoms with van der Waals surface area (Å²) in [4.78, 5) is 25.9. The summed E-state index contributed by atoms with van der Waals surface area (Å²) in [5, 5.41) is 3.37. The number of nitrogens with one attached hydrogen (secondary N) is 1. The number of hydrogen-bond acceptors (Lipinski definition) is 4. The van der Waals surface area contributed by atoms with Crippen molar-refractivity contribution in [1.29, 1.82) is 0 Å². The lowest BCUT2D eigenvalue weighted by Gasteiger charge is -2.15. The quantitative estimate of drug-likeness (QED) is 0.344. The maximum absolute atomic E-state index is 13.1. The second-order valence-corrected chi connectivity index (χ2v) is 7.76. The minimum absolute atomic E-state index is 0.0332. The normalized spacial score (nSPS) is 11.8. The predicted molar refractivity (Wildman–Crippen MR) is 119 cm³/mol. The molecule has 0 aliphatic rings. The third-order valence-electron chi connectivity index (χ3n) is 4.65. The Morgan fingerprint density at radius 1 is 1.00 bits per heavy atom. The van der Waals surface area contributed by atoms with Gasteiger partial charge in [-0.3, -0.25) is 9.59 Å². The van der Waals surface area contributed by atoms with Crippen LogP contribution in [0.25, 0.3) is 11.0 Å². The number of carbonyl (C=O) groups is 2. The molecular formula is C24H17BrFNO4. The molecule has 0 unspecified atom stereocenters. The molecule has 1 atom stereocenters. The molecule has 0 radical (unpaired) electrons. The minimum Gasteiger partial charge on any atom is -0.481 e. The monoisotopic (exact) mass is 481 g/mol. The van der Waals surface area contributed by atoms with E-state index < -0.39 is 17.8 Å². The summed E-state index contributed by atoms with van der Waals surface area (Å²) in [5.74, 6) is -0.838. The number of ketones is 1. The molecule has 0 saturated heterocycles. The molecule has 0 fully saturated rings. The Bertz CT molecular complexity index is 1250. The molecule has 1 amide bonds. The van der Waals surface area contributed by atoms with E-state index in [-0.39, 0.29) is 17.2 Å². The van der Waals surface area contributed by atoms with Gasteiger partial charge in [-0.2, -0.15) is 0 Å². The molecule has 0 aliphatic carbocycles. The van der Waals surface area contributed by atoms with Crippen LogP contribution in [0.15, 0.2) is 81.7 Å². The lowest BCUT2D eigenvalue weighted by Crippen LogP contribution is -2.30. The van der Waals surface area contributed by atoms with Crippen LogP contribution in [0, 0.1) is 5.82 Å². The van der Waals surface area contributed by atoms with Gasteiger partial charge in [-0.05, 0) is 67.6 Å². The average Bonchev–Trinajstić information content (AvgIpc) is 3.13. The van der Waals surface area contributed by atoms with E-state index in [1.807, 2.05) is 0 Å². The zero-order valence-electron chi connectivity index (χ0n) is 16.4. The molecule has 0 aliphatic heterocycles. The van der Waals surface area contributed by atoms with E-state index >= 15 is 0 Å². The molecule has 4 aromatic rings. The van der Waals surface area contributed by atoms with Crippen molar-refractivity contribution in [2.75, 3.05) is 5.32 Å². The number of ether oxygens (including phenoxy) is 1. The van der Waals surface area contributed by atoms with Crippen LogP contribution >= 0.6 is 15.9 Å². The number of anilines is 1. The number of halogens is 2. The number of amides is 1. The van der Waals surface area contributed by atoms with E-state index in [1.165, 1.54) is 24.3 Å². The molecule has 0 saturated carbocycles. The number of furan rings is 1. The fourth-order valence-corrected chi connectivity index (χ4v) is 3.32. The van der Waals surface area contributed by atoms with E-state index in [0.29, 0.717) is 22.3 Å². The SMILES string of the molecule is C[C@@H](Oc1ccc(F)cc1)C(=O)Nc1c(C(=O)c2ccc(Br)cc2)oc2ccccc12. The summed E-state index contributed by atoms with van der Waals surface area (Å²) in [6.07, 6.45) is -0.894. The van der Waals surface area contributed by atoms with Gasteiger partial charge in [-0.25, -0.2) is 4.39 Å². The van der Waals surface area contributed by atoms with Crippen LogP contribution in [0.1, 0.15) is 23.0 Å². The van der Waals surface area contributed by atoms with Gasteiger partial charge in [0.15, 0.2) is 11.9 Å². The first-order chi connectivity index (χ1) is 14.9. The van der Waals surface area contributed by atoms with Crippen LogP contribution in [-0.2, 0) is 4.79 Å². The van der Waals surface area contributed by atoms with Crippen LogP contribution in [0.2, 0.25) is 0 Å². The molecular weight excluding hydrogens is 465 g/mol. The van der Waals surface area contributed by atoms with Crippen molar-refractivity contribution < 1.29 is 23.1 Å². The first-order valence-corrected chi connectivity index (χ1v) is 10.3. The number of benzene rings is 3. The highest BCUT2D eigenvalue weighted by molar-refractivity contribution is 9.10. The summed E-state index contributed by atoms with van der Waals surface area (Å²) in [6, 6.07) is 19.3. The Hall–Kier alpha value is -3.45. The molecule has 4 rings (SSSR count). The van der Waals surface area contributed by atoms with Crippen LogP contribution in [0.5, 0.6) is 5.75 Å². The Morgan fingerprint density at radius 3 is 2.39 bits per heavy atom. The van der Waals surface area contributed by atoms with Crippen molar-refractivity contribution in [2.45, 2.75) is 13.0 Å². The Morgan fingerprint density at radius 2 is 1.68 bits per heavy atom. The van der Waals surface area contributed by atoms with Gasteiger partial charge >= 0.3 is 0 Å². The van der Waals surface area contributed by atoms with Gasteiger partial charge in [0.05, 0.1) is 5.69 Å². The minimum atomic E-state index is -0.894.